The predicted octanol–water partition coefficient (Wildman–Crippen LogP) is 2.57. The molecule has 3 aromatic rings. The zero-order chi connectivity index (χ0) is 20.1. The average molecular weight is 430 g/mol. The zero-order valence-electron chi connectivity index (χ0n) is 15.8. The van der Waals surface area contributed by atoms with Crippen molar-refractivity contribution in [2.24, 2.45) is 0 Å². The molecule has 2 aliphatic rings. The van der Waals surface area contributed by atoms with Gasteiger partial charge in [-0.25, -0.2) is 4.98 Å². The highest BCUT2D eigenvalue weighted by atomic mass is 35.5. The largest absolute Gasteiger partial charge is 0.351 e. The van der Waals surface area contributed by atoms with Crippen molar-refractivity contribution in [3.8, 4) is 0 Å². The predicted molar refractivity (Wildman–Crippen MR) is 113 cm³/mol. The Balaban J connectivity index is 1.19. The quantitative estimate of drug-likeness (QED) is 0.594. The van der Waals surface area contributed by atoms with E-state index in [0.29, 0.717) is 15.7 Å². The van der Waals surface area contributed by atoms with Gasteiger partial charge in [-0.1, -0.05) is 11.6 Å². The number of benzene rings is 1. The number of carbonyl (C=O) groups excluding carboxylic acids is 2. The van der Waals surface area contributed by atoms with Gasteiger partial charge in [0.05, 0.1) is 17.8 Å². The van der Waals surface area contributed by atoms with Crippen molar-refractivity contribution in [1.82, 2.24) is 25.5 Å². The van der Waals surface area contributed by atoms with E-state index in [9.17, 15) is 9.59 Å². The molecule has 1 unspecified atom stereocenters. The summed E-state index contributed by atoms with van der Waals surface area (Å²) in [6.45, 7) is 1.81. The Bertz CT molecular complexity index is 1120. The lowest BCUT2D eigenvalue weighted by Crippen LogP contribution is -2.34. The molecule has 2 atom stereocenters. The van der Waals surface area contributed by atoms with Gasteiger partial charge in [-0.3, -0.25) is 9.59 Å². The Morgan fingerprint density at radius 2 is 2.03 bits per heavy atom. The summed E-state index contributed by atoms with van der Waals surface area (Å²) in [6.07, 6.45) is 1.60. The minimum Gasteiger partial charge on any atom is -0.351 e. The van der Waals surface area contributed by atoms with E-state index in [1.54, 1.807) is 12.1 Å². The fourth-order valence-electron chi connectivity index (χ4n) is 3.64. The maximum atomic E-state index is 12.5. The monoisotopic (exact) mass is 429 g/mol. The number of hydrogen-bond acceptors (Lipinski definition) is 5. The summed E-state index contributed by atoms with van der Waals surface area (Å²) < 4.78 is 0. The molecule has 0 spiro atoms. The maximum Gasteiger partial charge on any atom is 0.280 e. The third-order valence-electron chi connectivity index (χ3n) is 5.37. The number of nitrogens with zero attached hydrogens (tertiary/aromatic N) is 2. The van der Waals surface area contributed by atoms with Crippen molar-refractivity contribution in [2.45, 2.75) is 31.5 Å². The summed E-state index contributed by atoms with van der Waals surface area (Å²) in [5, 5.41) is 7.98. The number of hydrogen-bond donors (Lipinski definition) is 3. The van der Waals surface area contributed by atoms with Crippen LogP contribution in [0.5, 0.6) is 0 Å². The minimum absolute atomic E-state index is 0.0612. The number of halogens is 1. The molecular formula is C20H20ClN5O2S. The molecule has 7 nitrogen and oxygen atoms in total. The molecular weight excluding hydrogens is 410 g/mol. The van der Waals surface area contributed by atoms with Gasteiger partial charge in [-0.05, 0) is 37.7 Å². The van der Waals surface area contributed by atoms with Crippen LogP contribution in [0.15, 0.2) is 24.3 Å². The van der Waals surface area contributed by atoms with Crippen LogP contribution < -0.4 is 10.6 Å². The summed E-state index contributed by atoms with van der Waals surface area (Å²) in [5.41, 5.74) is 2.38. The number of aromatic nitrogens is 2. The van der Waals surface area contributed by atoms with E-state index in [2.05, 4.69) is 32.5 Å². The van der Waals surface area contributed by atoms with Crippen molar-refractivity contribution < 1.29 is 9.59 Å². The Morgan fingerprint density at radius 3 is 2.86 bits per heavy atom. The smallest absolute Gasteiger partial charge is 0.280 e. The van der Waals surface area contributed by atoms with Gasteiger partial charge < -0.3 is 20.5 Å². The van der Waals surface area contributed by atoms with Gasteiger partial charge in [0.15, 0.2) is 5.01 Å². The van der Waals surface area contributed by atoms with Crippen LogP contribution in [-0.2, 0) is 13.0 Å². The first kappa shape index (κ1) is 18.6. The van der Waals surface area contributed by atoms with Crippen molar-refractivity contribution >= 4 is 45.7 Å². The molecule has 1 aliphatic carbocycles. The highest BCUT2D eigenvalue weighted by molar-refractivity contribution is 7.13. The van der Waals surface area contributed by atoms with E-state index < -0.39 is 0 Å². The zero-order valence-corrected chi connectivity index (χ0v) is 17.4. The van der Waals surface area contributed by atoms with Crippen LogP contribution in [-0.4, -0.2) is 52.4 Å². The summed E-state index contributed by atoms with van der Waals surface area (Å²) in [4.78, 5) is 36.1. The topological polar surface area (TPSA) is 90.1 Å². The van der Waals surface area contributed by atoms with Crippen LogP contribution >= 0.6 is 22.9 Å². The second-order valence-electron chi connectivity index (χ2n) is 7.69. The lowest BCUT2D eigenvalue weighted by Gasteiger charge is -2.20. The highest BCUT2D eigenvalue weighted by Crippen LogP contribution is 2.27. The van der Waals surface area contributed by atoms with Crippen LogP contribution in [0.1, 0.15) is 37.3 Å². The molecule has 3 heterocycles. The molecule has 2 aromatic heterocycles. The van der Waals surface area contributed by atoms with Crippen LogP contribution in [0, 0.1) is 0 Å². The van der Waals surface area contributed by atoms with Gasteiger partial charge in [0, 0.05) is 40.3 Å². The standard InChI is InChI=1S/C20H20ClN5O2S/c1-26-5-4-13-17(9-26)29-20(25-13)19(28)24-15-8-14(15)23-18(27)16-7-10-6-11(21)2-3-12(10)22-16/h2-3,6-7,14-15,22H,4-5,8-9H2,1H3,(H,23,27)(H,24,28)/t14-,15?/m1/s1. The second-order valence-corrected chi connectivity index (χ2v) is 9.21. The lowest BCUT2D eigenvalue weighted by atomic mass is 10.2. The molecule has 150 valence electrons. The molecule has 2 amide bonds. The van der Waals surface area contributed by atoms with Crippen molar-refractivity contribution in [3.63, 3.8) is 0 Å². The van der Waals surface area contributed by atoms with Crippen LogP contribution in [0.4, 0.5) is 0 Å². The molecule has 0 saturated heterocycles. The molecule has 1 aromatic carbocycles. The van der Waals surface area contributed by atoms with Gasteiger partial charge in [0.1, 0.15) is 5.69 Å². The van der Waals surface area contributed by atoms with Gasteiger partial charge >= 0.3 is 0 Å². The number of rotatable bonds is 4. The van der Waals surface area contributed by atoms with E-state index >= 15 is 0 Å². The molecule has 1 aliphatic heterocycles. The highest BCUT2D eigenvalue weighted by Gasteiger charge is 2.40. The normalized spacial score (nSPS) is 21.0. The number of likely N-dealkylation sites (N-methyl/N-ethyl adjacent to an activating group) is 1. The van der Waals surface area contributed by atoms with Crippen molar-refractivity contribution in [1.29, 1.82) is 0 Å². The number of H-pyrrole nitrogens is 1. The van der Waals surface area contributed by atoms with Gasteiger partial charge in [-0.2, -0.15) is 0 Å². The maximum absolute atomic E-state index is 12.5. The van der Waals surface area contributed by atoms with E-state index in [1.165, 1.54) is 16.2 Å². The second kappa shape index (κ2) is 7.12. The minimum atomic E-state index is -0.188. The third kappa shape index (κ3) is 3.75. The third-order valence-corrected chi connectivity index (χ3v) is 6.68. The fourth-order valence-corrected chi connectivity index (χ4v) is 4.91. The van der Waals surface area contributed by atoms with Crippen LogP contribution in [0.25, 0.3) is 10.9 Å². The number of aromatic amines is 1. The first-order valence-electron chi connectivity index (χ1n) is 9.53. The SMILES string of the molecule is CN1CCc2nc(C(=O)NC3C[C@H]3NC(=O)c3cc4cc(Cl)ccc4[nH]3)sc2C1. The molecule has 3 N–H and O–H groups in total. The molecule has 9 heteroatoms. The van der Waals surface area contributed by atoms with Crippen LogP contribution in [0.3, 0.4) is 0 Å². The van der Waals surface area contributed by atoms with Crippen molar-refractivity contribution in [3.05, 3.63) is 50.6 Å². The average Bonchev–Trinajstić information content (AvgIpc) is 3.09. The molecule has 1 saturated carbocycles. The molecule has 1 fully saturated rings. The molecule has 0 radical (unpaired) electrons. The number of amides is 2. The van der Waals surface area contributed by atoms with E-state index in [0.717, 1.165) is 42.5 Å². The molecule has 0 bridgehead atoms. The fraction of sp³-hybridized carbons (Fsp3) is 0.350. The van der Waals surface area contributed by atoms with E-state index in [4.69, 9.17) is 11.6 Å². The number of carbonyl (C=O) groups is 2. The van der Waals surface area contributed by atoms with Crippen LogP contribution in [0.2, 0.25) is 5.02 Å². The van der Waals surface area contributed by atoms with Gasteiger partial charge in [-0.15, -0.1) is 11.3 Å². The summed E-state index contributed by atoms with van der Waals surface area (Å²) in [6, 6.07) is 7.10. The summed E-state index contributed by atoms with van der Waals surface area (Å²) in [5.74, 6) is -0.346. The summed E-state index contributed by atoms with van der Waals surface area (Å²) >= 11 is 7.46. The Morgan fingerprint density at radius 1 is 1.24 bits per heavy atom. The van der Waals surface area contributed by atoms with Crippen molar-refractivity contribution in [2.75, 3.05) is 13.6 Å². The number of fused-ring (bicyclic) bond motifs is 2. The Hall–Kier alpha value is -2.42. The number of thiazole rings is 1. The molecule has 5 rings (SSSR count). The van der Waals surface area contributed by atoms with E-state index in [1.807, 2.05) is 12.1 Å². The summed E-state index contributed by atoms with van der Waals surface area (Å²) in [7, 11) is 2.07. The Kier molecular flexibility index (Phi) is 4.57. The number of nitrogens with one attached hydrogen (secondary N) is 3. The van der Waals surface area contributed by atoms with Gasteiger partial charge in [0.25, 0.3) is 11.8 Å². The first-order chi connectivity index (χ1) is 14.0. The Labute approximate surface area is 176 Å². The molecule has 29 heavy (non-hydrogen) atoms. The van der Waals surface area contributed by atoms with Gasteiger partial charge in [0.2, 0.25) is 0 Å². The first-order valence-corrected chi connectivity index (χ1v) is 10.7. The van der Waals surface area contributed by atoms with E-state index in [-0.39, 0.29) is 23.9 Å². The lowest BCUT2D eigenvalue weighted by molar-refractivity contribution is 0.0924.